The normalized spacial score (nSPS) is 11.8. The zero-order valence-corrected chi connectivity index (χ0v) is 12.8. The number of amides is 1. The maximum absolute atomic E-state index is 13.5. The summed E-state index contributed by atoms with van der Waals surface area (Å²) in [6.07, 6.45) is 4.15. The molecule has 0 aliphatic rings. The zero-order valence-electron chi connectivity index (χ0n) is 12.8. The van der Waals surface area contributed by atoms with Crippen molar-refractivity contribution in [3.8, 4) is 0 Å². The molecule has 0 spiro atoms. The standard InChI is InChI=1S/C17H20FN3O/c1-3-12(2)21-15-8-14(9-19-11-15)17(22)20-10-13-6-4-5-7-16(13)18/h4-9,11-12,21H,3,10H2,1-2H3,(H,20,22). The molecule has 4 nitrogen and oxygen atoms in total. The van der Waals surface area contributed by atoms with E-state index in [9.17, 15) is 9.18 Å². The van der Waals surface area contributed by atoms with E-state index in [2.05, 4.69) is 29.5 Å². The van der Waals surface area contributed by atoms with Gasteiger partial charge in [0.25, 0.3) is 5.91 Å². The van der Waals surface area contributed by atoms with Gasteiger partial charge in [0.2, 0.25) is 0 Å². The Labute approximate surface area is 129 Å². The highest BCUT2D eigenvalue weighted by atomic mass is 19.1. The Kier molecular flexibility index (Phi) is 5.47. The van der Waals surface area contributed by atoms with Gasteiger partial charge in [-0.05, 0) is 25.5 Å². The molecule has 1 atom stereocenters. The summed E-state index contributed by atoms with van der Waals surface area (Å²) < 4.78 is 13.5. The number of benzene rings is 1. The second-order valence-corrected chi connectivity index (χ2v) is 5.19. The summed E-state index contributed by atoms with van der Waals surface area (Å²) in [6.45, 7) is 4.29. The molecule has 0 aliphatic carbocycles. The van der Waals surface area contributed by atoms with Crippen molar-refractivity contribution < 1.29 is 9.18 Å². The Hall–Kier alpha value is -2.43. The monoisotopic (exact) mass is 301 g/mol. The van der Waals surface area contributed by atoms with Crippen LogP contribution in [0, 0.1) is 5.82 Å². The average Bonchev–Trinajstić information content (AvgIpc) is 2.54. The molecule has 0 bridgehead atoms. The first kappa shape index (κ1) is 15.9. The molecule has 0 aliphatic heterocycles. The second-order valence-electron chi connectivity index (χ2n) is 5.19. The molecule has 0 radical (unpaired) electrons. The maximum atomic E-state index is 13.5. The molecule has 0 saturated carbocycles. The lowest BCUT2D eigenvalue weighted by molar-refractivity contribution is 0.0950. The van der Waals surface area contributed by atoms with E-state index in [0.29, 0.717) is 17.2 Å². The Morgan fingerprint density at radius 2 is 2.09 bits per heavy atom. The van der Waals surface area contributed by atoms with Crippen LogP contribution < -0.4 is 10.6 Å². The highest BCUT2D eigenvalue weighted by Gasteiger charge is 2.09. The third-order valence-corrected chi connectivity index (χ3v) is 3.42. The molecule has 2 N–H and O–H groups in total. The third-order valence-electron chi connectivity index (χ3n) is 3.42. The van der Waals surface area contributed by atoms with E-state index in [-0.39, 0.29) is 18.3 Å². The SMILES string of the molecule is CCC(C)Nc1cncc(C(=O)NCc2ccccc2F)c1. The predicted molar refractivity (Wildman–Crippen MR) is 85.2 cm³/mol. The van der Waals surface area contributed by atoms with Crippen LogP contribution in [0.2, 0.25) is 0 Å². The molecule has 0 fully saturated rings. The Balaban J connectivity index is 2.00. The van der Waals surface area contributed by atoms with Crippen molar-refractivity contribution in [1.29, 1.82) is 0 Å². The van der Waals surface area contributed by atoms with Crippen LogP contribution >= 0.6 is 0 Å². The first-order valence-electron chi connectivity index (χ1n) is 7.33. The van der Waals surface area contributed by atoms with E-state index in [1.807, 2.05) is 0 Å². The first-order valence-corrected chi connectivity index (χ1v) is 7.33. The summed E-state index contributed by atoms with van der Waals surface area (Å²) in [5, 5.41) is 5.97. The van der Waals surface area contributed by atoms with Gasteiger partial charge in [-0.3, -0.25) is 9.78 Å². The lowest BCUT2D eigenvalue weighted by Gasteiger charge is -2.13. The van der Waals surface area contributed by atoms with Crippen LogP contribution in [0.4, 0.5) is 10.1 Å². The molecule has 116 valence electrons. The van der Waals surface area contributed by atoms with Gasteiger partial charge in [0.15, 0.2) is 0 Å². The highest BCUT2D eigenvalue weighted by Crippen LogP contribution is 2.11. The van der Waals surface area contributed by atoms with Gasteiger partial charge in [-0.1, -0.05) is 25.1 Å². The molecular weight excluding hydrogens is 281 g/mol. The van der Waals surface area contributed by atoms with E-state index in [1.165, 1.54) is 12.3 Å². The maximum Gasteiger partial charge on any atom is 0.253 e. The lowest BCUT2D eigenvalue weighted by atomic mass is 10.2. The number of rotatable bonds is 6. The largest absolute Gasteiger partial charge is 0.381 e. The molecule has 1 aromatic heterocycles. The molecule has 1 amide bonds. The van der Waals surface area contributed by atoms with Crippen molar-refractivity contribution in [3.63, 3.8) is 0 Å². The predicted octanol–water partition coefficient (Wildman–Crippen LogP) is 3.36. The molecular formula is C17H20FN3O. The fourth-order valence-corrected chi connectivity index (χ4v) is 1.95. The van der Waals surface area contributed by atoms with Gasteiger partial charge in [-0.2, -0.15) is 0 Å². The van der Waals surface area contributed by atoms with E-state index >= 15 is 0 Å². The van der Waals surface area contributed by atoms with Crippen molar-refractivity contribution >= 4 is 11.6 Å². The van der Waals surface area contributed by atoms with Crippen LogP contribution in [0.5, 0.6) is 0 Å². The minimum atomic E-state index is -0.326. The Morgan fingerprint density at radius 1 is 1.32 bits per heavy atom. The summed E-state index contributed by atoms with van der Waals surface area (Å²) >= 11 is 0. The van der Waals surface area contributed by atoms with Crippen molar-refractivity contribution in [3.05, 3.63) is 59.7 Å². The minimum Gasteiger partial charge on any atom is -0.381 e. The number of halogens is 1. The van der Waals surface area contributed by atoms with Gasteiger partial charge in [-0.15, -0.1) is 0 Å². The van der Waals surface area contributed by atoms with E-state index in [0.717, 1.165) is 12.1 Å². The van der Waals surface area contributed by atoms with Crippen molar-refractivity contribution in [1.82, 2.24) is 10.3 Å². The van der Waals surface area contributed by atoms with Crippen LogP contribution in [-0.2, 0) is 6.54 Å². The van der Waals surface area contributed by atoms with E-state index < -0.39 is 0 Å². The average molecular weight is 301 g/mol. The van der Waals surface area contributed by atoms with Gasteiger partial charge in [0.1, 0.15) is 5.82 Å². The number of carbonyl (C=O) groups is 1. The lowest BCUT2D eigenvalue weighted by Crippen LogP contribution is -2.24. The van der Waals surface area contributed by atoms with E-state index in [1.54, 1.807) is 30.5 Å². The number of nitrogens with one attached hydrogen (secondary N) is 2. The molecule has 22 heavy (non-hydrogen) atoms. The quantitative estimate of drug-likeness (QED) is 0.860. The van der Waals surface area contributed by atoms with Gasteiger partial charge in [0, 0.05) is 30.5 Å². The summed E-state index contributed by atoms with van der Waals surface area (Å²) in [7, 11) is 0. The van der Waals surface area contributed by atoms with Gasteiger partial charge in [0.05, 0.1) is 11.3 Å². The van der Waals surface area contributed by atoms with Crippen molar-refractivity contribution in [2.24, 2.45) is 0 Å². The van der Waals surface area contributed by atoms with Crippen LogP contribution in [-0.4, -0.2) is 16.9 Å². The van der Waals surface area contributed by atoms with Gasteiger partial charge < -0.3 is 10.6 Å². The van der Waals surface area contributed by atoms with Crippen LogP contribution in [0.15, 0.2) is 42.7 Å². The van der Waals surface area contributed by atoms with E-state index in [4.69, 9.17) is 0 Å². The summed E-state index contributed by atoms with van der Waals surface area (Å²) in [5.41, 5.74) is 1.70. The first-order chi connectivity index (χ1) is 10.6. The Bertz CT molecular complexity index is 645. The third kappa shape index (κ3) is 4.28. The number of hydrogen-bond donors (Lipinski definition) is 2. The number of carbonyl (C=O) groups excluding carboxylic acids is 1. The zero-order chi connectivity index (χ0) is 15.9. The highest BCUT2D eigenvalue weighted by molar-refractivity contribution is 5.94. The summed E-state index contributed by atoms with van der Waals surface area (Å²) in [5.74, 6) is -0.600. The topological polar surface area (TPSA) is 54.0 Å². The number of nitrogens with zero attached hydrogens (tertiary/aromatic N) is 1. The molecule has 0 saturated heterocycles. The molecule has 1 heterocycles. The van der Waals surface area contributed by atoms with Crippen LogP contribution in [0.3, 0.4) is 0 Å². The number of aromatic nitrogens is 1. The summed E-state index contributed by atoms with van der Waals surface area (Å²) in [4.78, 5) is 16.2. The molecule has 1 unspecified atom stereocenters. The van der Waals surface area contributed by atoms with Crippen molar-refractivity contribution in [2.45, 2.75) is 32.9 Å². The van der Waals surface area contributed by atoms with Gasteiger partial charge >= 0.3 is 0 Å². The summed E-state index contributed by atoms with van der Waals surface area (Å²) in [6, 6.07) is 8.43. The van der Waals surface area contributed by atoms with Gasteiger partial charge in [-0.25, -0.2) is 4.39 Å². The van der Waals surface area contributed by atoms with Crippen LogP contribution in [0.1, 0.15) is 36.2 Å². The molecule has 5 heteroatoms. The minimum absolute atomic E-state index is 0.147. The number of pyridine rings is 1. The second kappa shape index (κ2) is 7.54. The van der Waals surface area contributed by atoms with Crippen molar-refractivity contribution in [2.75, 3.05) is 5.32 Å². The molecule has 1 aromatic carbocycles. The smallest absolute Gasteiger partial charge is 0.253 e. The molecule has 2 rings (SSSR count). The Morgan fingerprint density at radius 3 is 2.82 bits per heavy atom. The number of hydrogen-bond acceptors (Lipinski definition) is 3. The molecule has 2 aromatic rings. The fraction of sp³-hybridized carbons (Fsp3) is 0.294. The number of anilines is 1. The van der Waals surface area contributed by atoms with Crippen LogP contribution in [0.25, 0.3) is 0 Å². The fourth-order valence-electron chi connectivity index (χ4n) is 1.95.